The number of allylic oxidation sites excluding steroid dienone is 4. The lowest BCUT2D eigenvalue weighted by Crippen LogP contribution is -2.45. The molecule has 8 heteroatoms. The maximum absolute atomic E-state index is 13.7. The van der Waals surface area contributed by atoms with Crippen molar-refractivity contribution in [1.29, 1.82) is 0 Å². The number of aliphatic carboxylic acids is 1. The molecule has 4 rings (SSSR count). The van der Waals surface area contributed by atoms with Crippen molar-refractivity contribution < 1.29 is 24.2 Å². The van der Waals surface area contributed by atoms with Crippen LogP contribution < -0.4 is 4.74 Å². The Balaban J connectivity index is 1.99. The standard InChI is InChI=1S/C28H31Br2NO5/c1-6-7-36-26-16(29)8-15(9-17(26)30)23-24-18(10-27(2,3)12-20(24)32)31(14-22(34)35)19-11-28(4,5)13-21(33)25(19)23/h6,8-9,23H,1,7,10-14H2,2-5H3,(H,34,35). The number of nitrogens with zero attached hydrogens (tertiary/aromatic N) is 1. The summed E-state index contributed by atoms with van der Waals surface area (Å²) < 4.78 is 7.17. The molecule has 2 aliphatic carbocycles. The number of carbonyl (C=O) groups excluding carboxylic acids is 2. The smallest absolute Gasteiger partial charge is 0.323 e. The number of carbonyl (C=O) groups is 3. The fourth-order valence-corrected chi connectivity index (χ4v) is 7.18. The molecule has 192 valence electrons. The fourth-order valence-electron chi connectivity index (χ4n) is 5.73. The highest BCUT2D eigenvalue weighted by Gasteiger charge is 2.49. The quantitative estimate of drug-likeness (QED) is 0.363. The highest BCUT2D eigenvalue weighted by atomic mass is 79.9. The van der Waals surface area contributed by atoms with Crippen LogP contribution in [0.2, 0.25) is 0 Å². The highest BCUT2D eigenvalue weighted by molar-refractivity contribution is 9.11. The third kappa shape index (κ3) is 4.99. The van der Waals surface area contributed by atoms with E-state index in [4.69, 9.17) is 4.74 Å². The summed E-state index contributed by atoms with van der Waals surface area (Å²) >= 11 is 7.20. The van der Waals surface area contributed by atoms with Crippen LogP contribution in [-0.4, -0.2) is 40.7 Å². The molecule has 0 unspecified atom stereocenters. The van der Waals surface area contributed by atoms with Crippen LogP contribution in [0.4, 0.5) is 0 Å². The zero-order chi connectivity index (χ0) is 26.6. The van der Waals surface area contributed by atoms with Crippen LogP contribution in [0.15, 0.2) is 56.3 Å². The van der Waals surface area contributed by atoms with Gasteiger partial charge in [0.2, 0.25) is 0 Å². The van der Waals surface area contributed by atoms with E-state index in [0.29, 0.717) is 58.1 Å². The molecule has 1 N–H and O–H groups in total. The van der Waals surface area contributed by atoms with Crippen molar-refractivity contribution in [3.63, 3.8) is 0 Å². The summed E-state index contributed by atoms with van der Waals surface area (Å²) in [5.74, 6) is -1.02. The van der Waals surface area contributed by atoms with Crippen molar-refractivity contribution in [3.05, 3.63) is 61.8 Å². The molecule has 0 saturated heterocycles. The zero-order valence-electron chi connectivity index (χ0n) is 21.0. The Bertz CT molecular complexity index is 1160. The average Bonchev–Trinajstić information content (AvgIpc) is 2.72. The van der Waals surface area contributed by atoms with Gasteiger partial charge in [-0.15, -0.1) is 0 Å². The van der Waals surface area contributed by atoms with E-state index in [9.17, 15) is 19.5 Å². The third-order valence-electron chi connectivity index (χ3n) is 7.01. The van der Waals surface area contributed by atoms with E-state index < -0.39 is 11.9 Å². The van der Waals surface area contributed by atoms with Crippen molar-refractivity contribution in [2.45, 2.75) is 59.3 Å². The predicted molar refractivity (Wildman–Crippen MR) is 145 cm³/mol. The van der Waals surface area contributed by atoms with E-state index >= 15 is 0 Å². The molecule has 3 aliphatic rings. The van der Waals surface area contributed by atoms with E-state index in [2.05, 4.69) is 38.4 Å². The summed E-state index contributed by atoms with van der Waals surface area (Å²) in [5, 5.41) is 9.81. The van der Waals surface area contributed by atoms with E-state index in [1.807, 2.05) is 39.8 Å². The lowest BCUT2D eigenvalue weighted by Gasteiger charge is -2.48. The molecule has 0 bridgehead atoms. The molecular weight excluding hydrogens is 590 g/mol. The topological polar surface area (TPSA) is 83.9 Å². The summed E-state index contributed by atoms with van der Waals surface area (Å²) in [6, 6.07) is 3.80. The van der Waals surface area contributed by atoms with Crippen molar-refractivity contribution in [1.82, 2.24) is 4.90 Å². The maximum Gasteiger partial charge on any atom is 0.323 e. The summed E-state index contributed by atoms with van der Waals surface area (Å²) in [6.07, 6.45) is 3.46. The second-order valence-electron chi connectivity index (χ2n) is 11.4. The van der Waals surface area contributed by atoms with Gasteiger partial charge in [-0.05, 0) is 73.2 Å². The van der Waals surface area contributed by atoms with Crippen molar-refractivity contribution in [2.24, 2.45) is 10.8 Å². The van der Waals surface area contributed by atoms with Crippen LogP contribution in [0.5, 0.6) is 5.75 Å². The van der Waals surface area contributed by atoms with Gasteiger partial charge in [0.1, 0.15) is 18.9 Å². The molecule has 36 heavy (non-hydrogen) atoms. The van der Waals surface area contributed by atoms with E-state index in [-0.39, 0.29) is 28.9 Å². The van der Waals surface area contributed by atoms with Gasteiger partial charge in [0.05, 0.1) is 8.95 Å². The zero-order valence-corrected chi connectivity index (χ0v) is 24.2. The minimum absolute atomic E-state index is 0.0370. The van der Waals surface area contributed by atoms with Gasteiger partial charge in [-0.2, -0.15) is 0 Å². The molecule has 1 aromatic rings. The largest absolute Gasteiger partial charge is 0.487 e. The molecule has 0 fully saturated rings. The number of carboxylic acid groups (broad SMARTS) is 1. The first kappa shape index (κ1) is 26.9. The fraction of sp³-hybridized carbons (Fsp3) is 0.464. The van der Waals surface area contributed by atoms with Gasteiger partial charge in [0.25, 0.3) is 0 Å². The lowest BCUT2D eigenvalue weighted by atomic mass is 9.63. The number of ether oxygens (including phenoxy) is 1. The van der Waals surface area contributed by atoms with Crippen molar-refractivity contribution in [3.8, 4) is 5.75 Å². The van der Waals surface area contributed by atoms with Crippen LogP contribution >= 0.6 is 31.9 Å². The monoisotopic (exact) mass is 619 g/mol. The van der Waals surface area contributed by atoms with E-state index in [0.717, 1.165) is 17.0 Å². The molecule has 0 radical (unpaired) electrons. The number of benzene rings is 1. The molecule has 0 saturated carbocycles. The molecular formula is C28H31Br2NO5. The number of hydrogen-bond acceptors (Lipinski definition) is 5. The summed E-state index contributed by atoms with van der Waals surface area (Å²) in [7, 11) is 0. The van der Waals surface area contributed by atoms with Gasteiger partial charge in [-0.3, -0.25) is 14.4 Å². The normalized spacial score (nSPS) is 21.3. The molecule has 1 aromatic carbocycles. The molecule has 0 spiro atoms. The number of rotatable bonds is 6. The predicted octanol–water partition coefficient (Wildman–Crippen LogP) is 6.55. The van der Waals surface area contributed by atoms with Crippen LogP contribution in [0, 0.1) is 10.8 Å². The van der Waals surface area contributed by atoms with Crippen LogP contribution in [0.25, 0.3) is 0 Å². The number of Topliss-reactive ketones (excluding diaryl/α,β-unsaturated/α-hetero) is 2. The first-order valence-electron chi connectivity index (χ1n) is 12.0. The minimum Gasteiger partial charge on any atom is -0.487 e. The SMILES string of the molecule is C=CCOc1c(Br)cc(C2C3=C(CC(C)(C)CC3=O)N(CC(=O)O)C3=C2C(=O)CC(C)(C)C3)cc1Br. The molecule has 0 aromatic heterocycles. The van der Waals surface area contributed by atoms with Gasteiger partial charge < -0.3 is 14.7 Å². The average molecular weight is 621 g/mol. The molecule has 0 amide bonds. The molecule has 0 atom stereocenters. The minimum atomic E-state index is -0.993. The van der Waals surface area contributed by atoms with E-state index in [1.165, 1.54) is 0 Å². The Labute approximate surface area is 228 Å². The second-order valence-corrected chi connectivity index (χ2v) is 13.1. The second kappa shape index (κ2) is 9.60. The molecule has 6 nitrogen and oxygen atoms in total. The number of halogens is 2. The van der Waals surface area contributed by atoms with Crippen LogP contribution in [0.3, 0.4) is 0 Å². The van der Waals surface area contributed by atoms with Crippen LogP contribution in [-0.2, 0) is 14.4 Å². The van der Waals surface area contributed by atoms with Gasteiger partial charge >= 0.3 is 5.97 Å². The summed E-state index contributed by atoms with van der Waals surface area (Å²) in [5.41, 5.74) is 2.71. The number of carboxylic acids is 1. The van der Waals surface area contributed by atoms with Gasteiger partial charge in [-0.25, -0.2) is 0 Å². The van der Waals surface area contributed by atoms with Gasteiger partial charge in [0.15, 0.2) is 11.6 Å². The summed E-state index contributed by atoms with van der Waals surface area (Å²) in [6.45, 7) is 11.9. The molecule has 1 heterocycles. The molecule has 1 aliphatic heterocycles. The van der Waals surface area contributed by atoms with Gasteiger partial charge in [-0.1, -0.05) is 40.3 Å². The van der Waals surface area contributed by atoms with E-state index in [1.54, 1.807) is 11.0 Å². The number of ketones is 2. The lowest BCUT2D eigenvalue weighted by molar-refractivity contribution is -0.138. The van der Waals surface area contributed by atoms with Crippen molar-refractivity contribution >= 4 is 49.4 Å². The maximum atomic E-state index is 13.7. The Morgan fingerprint density at radius 1 is 1.03 bits per heavy atom. The summed E-state index contributed by atoms with van der Waals surface area (Å²) in [4.78, 5) is 41.2. The Hall–Kier alpha value is -2.19. The number of hydrogen-bond donors (Lipinski definition) is 1. The third-order valence-corrected chi connectivity index (χ3v) is 8.19. The van der Waals surface area contributed by atoms with Crippen molar-refractivity contribution in [2.75, 3.05) is 13.2 Å². The van der Waals surface area contributed by atoms with Gasteiger partial charge in [0, 0.05) is 41.3 Å². The Morgan fingerprint density at radius 2 is 1.50 bits per heavy atom. The first-order valence-corrected chi connectivity index (χ1v) is 13.6. The Morgan fingerprint density at radius 3 is 1.92 bits per heavy atom. The highest BCUT2D eigenvalue weighted by Crippen LogP contribution is 2.55. The Kier molecular flexibility index (Phi) is 7.16. The van der Waals surface area contributed by atoms with Crippen LogP contribution in [0.1, 0.15) is 64.9 Å². The first-order chi connectivity index (χ1) is 16.7.